The van der Waals surface area contributed by atoms with E-state index in [0.717, 1.165) is 42.0 Å². The molecule has 1 aromatic heterocycles. The van der Waals surface area contributed by atoms with E-state index in [1.165, 1.54) is 0 Å². The van der Waals surface area contributed by atoms with Crippen LogP contribution in [0, 0.1) is 0 Å². The van der Waals surface area contributed by atoms with Crippen molar-refractivity contribution in [2.75, 3.05) is 27.2 Å². The smallest absolute Gasteiger partial charge is 0.253 e. The van der Waals surface area contributed by atoms with Crippen LogP contribution >= 0.6 is 11.7 Å². The van der Waals surface area contributed by atoms with Gasteiger partial charge in [-0.15, -0.1) is 0 Å². The van der Waals surface area contributed by atoms with Crippen molar-refractivity contribution >= 4 is 34.6 Å². The first-order valence-corrected chi connectivity index (χ1v) is 10.7. The third-order valence-electron chi connectivity index (χ3n) is 5.67. The summed E-state index contributed by atoms with van der Waals surface area (Å²) in [5.74, 6) is 0.645. The minimum Gasteiger partial charge on any atom is -0.497 e. The third kappa shape index (κ3) is 4.14. The number of hydrogen-bond acceptors (Lipinski definition) is 6. The highest BCUT2D eigenvalue weighted by molar-refractivity contribution is 7.00. The number of amides is 2. The fourth-order valence-electron chi connectivity index (χ4n) is 3.89. The zero-order valence-corrected chi connectivity index (χ0v) is 17.9. The van der Waals surface area contributed by atoms with Crippen LogP contribution in [0.5, 0.6) is 5.75 Å². The van der Waals surface area contributed by atoms with Crippen LogP contribution in [0.3, 0.4) is 0 Å². The number of rotatable bonds is 4. The van der Waals surface area contributed by atoms with Crippen LogP contribution in [-0.2, 0) is 0 Å². The Morgan fingerprint density at radius 1 is 1.07 bits per heavy atom. The van der Waals surface area contributed by atoms with Crippen LogP contribution in [-0.4, -0.2) is 63.7 Å². The highest BCUT2D eigenvalue weighted by Gasteiger charge is 2.27. The average Bonchev–Trinajstić information content (AvgIpc) is 3.12. The number of aromatic nitrogens is 2. The molecule has 1 aliphatic heterocycles. The van der Waals surface area contributed by atoms with Crippen molar-refractivity contribution in [2.45, 2.75) is 25.3 Å². The predicted molar refractivity (Wildman–Crippen MR) is 116 cm³/mol. The lowest BCUT2D eigenvalue weighted by molar-refractivity contribution is 0.0710. The highest BCUT2D eigenvalue weighted by Crippen LogP contribution is 2.22. The summed E-state index contributed by atoms with van der Waals surface area (Å²) >= 11 is 1.15. The number of fused-ring (bicyclic) bond motifs is 1. The van der Waals surface area contributed by atoms with Gasteiger partial charge in [0, 0.05) is 37.3 Å². The molecule has 0 saturated carbocycles. The number of carbonyl (C=O) groups excluding carboxylic acids is 2. The van der Waals surface area contributed by atoms with E-state index in [1.54, 1.807) is 24.1 Å². The van der Waals surface area contributed by atoms with Crippen LogP contribution < -0.4 is 4.74 Å². The van der Waals surface area contributed by atoms with Gasteiger partial charge in [0.05, 0.1) is 18.8 Å². The van der Waals surface area contributed by atoms with Gasteiger partial charge in [-0.05, 0) is 55.7 Å². The van der Waals surface area contributed by atoms with Gasteiger partial charge in [-0.25, -0.2) is 0 Å². The molecule has 1 fully saturated rings. The number of nitrogens with zero attached hydrogens (tertiary/aromatic N) is 4. The second kappa shape index (κ2) is 8.79. The van der Waals surface area contributed by atoms with E-state index in [9.17, 15) is 9.59 Å². The van der Waals surface area contributed by atoms with Gasteiger partial charge in [0.15, 0.2) is 0 Å². The predicted octanol–water partition coefficient (Wildman–Crippen LogP) is 3.47. The molecule has 156 valence electrons. The molecule has 0 N–H and O–H groups in total. The van der Waals surface area contributed by atoms with Crippen molar-refractivity contribution in [3.8, 4) is 5.75 Å². The van der Waals surface area contributed by atoms with Gasteiger partial charge in [0.1, 0.15) is 16.8 Å². The Bertz CT molecular complexity index is 1070. The standard InChI is InChI=1S/C22H24N4O3S/c1-25(21(27)15-5-3-7-18(13-15)29-2)17-6-4-11-26(12-10-17)22(28)16-8-9-19-20(14-16)24-30-23-19/h3,5,7-9,13-14,17H,4,6,10-12H2,1-2H3/t17-/m0/s1. The first-order chi connectivity index (χ1) is 14.6. The number of carbonyl (C=O) groups is 2. The molecule has 3 aromatic rings. The van der Waals surface area contributed by atoms with Gasteiger partial charge in [0.2, 0.25) is 0 Å². The lowest BCUT2D eigenvalue weighted by Gasteiger charge is -2.27. The molecule has 2 aromatic carbocycles. The molecule has 8 heteroatoms. The zero-order valence-electron chi connectivity index (χ0n) is 17.1. The fourth-order valence-corrected chi connectivity index (χ4v) is 4.41. The molecule has 0 bridgehead atoms. The molecule has 1 saturated heterocycles. The number of hydrogen-bond donors (Lipinski definition) is 0. The molecule has 4 rings (SSSR count). The Morgan fingerprint density at radius 2 is 1.90 bits per heavy atom. The Labute approximate surface area is 179 Å². The SMILES string of the molecule is COc1cccc(C(=O)N(C)[C@H]2CCCN(C(=O)c3ccc4nsnc4c3)CC2)c1. The molecule has 7 nitrogen and oxygen atoms in total. The average molecular weight is 425 g/mol. The normalized spacial score (nSPS) is 16.9. The van der Waals surface area contributed by atoms with Crippen LogP contribution in [0.25, 0.3) is 11.0 Å². The van der Waals surface area contributed by atoms with Gasteiger partial charge >= 0.3 is 0 Å². The van der Waals surface area contributed by atoms with Crippen LogP contribution in [0.2, 0.25) is 0 Å². The van der Waals surface area contributed by atoms with E-state index < -0.39 is 0 Å². The largest absolute Gasteiger partial charge is 0.497 e. The van der Waals surface area contributed by atoms with E-state index >= 15 is 0 Å². The van der Waals surface area contributed by atoms with Crippen molar-refractivity contribution in [1.82, 2.24) is 18.5 Å². The van der Waals surface area contributed by atoms with Crippen LogP contribution in [0.4, 0.5) is 0 Å². The molecule has 1 atom stereocenters. The summed E-state index contributed by atoms with van der Waals surface area (Å²) in [6.07, 6.45) is 2.47. The lowest BCUT2D eigenvalue weighted by atomic mass is 10.1. The van der Waals surface area contributed by atoms with E-state index in [0.29, 0.717) is 30.0 Å². The summed E-state index contributed by atoms with van der Waals surface area (Å²) in [6.45, 7) is 1.30. The minimum absolute atomic E-state index is 0.00678. The van der Waals surface area contributed by atoms with Crippen molar-refractivity contribution in [1.29, 1.82) is 0 Å². The summed E-state index contributed by atoms with van der Waals surface area (Å²) in [7, 11) is 3.43. The maximum absolute atomic E-state index is 13.0. The maximum atomic E-state index is 13.0. The van der Waals surface area contributed by atoms with Gasteiger partial charge in [-0.3, -0.25) is 9.59 Å². The second-order valence-corrected chi connectivity index (χ2v) is 8.02. The first-order valence-electron chi connectivity index (χ1n) is 9.99. The second-order valence-electron chi connectivity index (χ2n) is 7.49. The molecule has 30 heavy (non-hydrogen) atoms. The summed E-state index contributed by atoms with van der Waals surface area (Å²) in [6, 6.07) is 12.8. The van der Waals surface area contributed by atoms with E-state index in [-0.39, 0.29) is 17.9 Å². The van der Waals surface area contributed by atoms with Gasteiger partial charge in [-0.1, -0.05) is 6.07 Å². The summed E-state index contributed by atoms with van der Waals surface area (Å²) in [5.41, 5.74) is 2.81. The molecular formula is C22H24N4O3S. The molecule has 0 unspecified atom stereocenters. The minimum atomic E-state index is -0.0276. The van der Waals surface area contributed by atoms with Crippen molar-refractivity contribution in [2.24, 2.45) is 0 Å². The zero-order chi connectivity index (χ0) is 21.1. The molecular weight excluding hydrogens is 400 g/mol. The summed E-state index contributed by atoms with van der Waals surface area (Å²) in [4.78, 5) is 29.6. The van der Waals surface area contributed by atoms with Gasteiger partial charge in [-0.2, -0.15) is 8.75 Å². The third-order valence-corrected chi connectivity index (χ3v) is 6.23. The van der Waals surface area contributed by atoms with Crippen molar-refractivity contribution < 1.29 is 14.3 Å². The maximum Gasteiger partial charge on any atom is 0.253 e. The fraction of sp³-hybridized carbons (Fsp3) is 0.364. The molecule has 0 aliphatic carbocycles. The topological polar surface area (TPSA) is 75.6 Å². The summed E-state index contributed by atoms with van der Waals surface area (Å²) < 4.78 is 13.6. The van der Waals surface area contributed by atoms with Crippen LogP contribution in [0.1, 0.15) is 40.0 Å². The van der Waals surface area contributed by atoms with E-state index in [2.05, 4.69) is 8.75 Å². The number of methoxy groups -OCH3 is 1. The van der Waals surface area contributed by atoms with Gasteiger partial charge < -0.3 is 14.5 Å². The molecule has 2 amide bonds. The van der Waals surface area contributed by atoms with E-state index in [1.807, 2.05) is 42.3 Å². The molecule has 1 aliphatic rings. The Kier molecular flexibility index (Phi) is 5.94. The molecule has 0 radical (unpaired) electrons. The number of ether oxygens (including phenoxy) is 1. The van der Waals surface area contributed by atoms with Gasteiger partial charge in [0.25, 0.3) is 11.8 Å². The Morgan fingerprint density at radius 3 is 2.73 bits per heavy atom. The molecule has 2 heterocycles. The monoisotopic (exact) mass is 424 g/mol. The Balaban J connectivity index is 1.42. The van der Waals surface area contributed by atoms with Crippen molar-refractivity contribution in [3.05, 3.63) is 53.6 Å². The number of benzene rings is 2. The van der Waals surface area contributed by atoms with E-state index in [4.69, 9.17) is 4.74 Å². The Hall–Kier alpha value is -3.00. The lowest BCUT2D eigenvalue weighted by Crippen LogP contribution is -2.38. The quantitative estimate of drug-likeness (QED) is 0.641. The number of likely N-dealkylation sites (tertiary alicyclic amines) is 1. The summed E-state index contributed by atoms with van der Waals surface area (Å²) in [5, 5.41) is 0. The van der Waals surface area contributed by atoms with Crippen LogP contribution in [0.15, 0.2) is 42.5 Å². The highest BCUT2D eigenvalue weighted by atomic mass is 32.1. The van der Waals surface area contributed by atoms with Crippen molar-refractivity contribution in [3.63, 3.8) is 0 Å². The molecule has 0 spiro atoms. The first kappa shape index (κ1) is 20.3.